The molecule has 1 N–H and O–H groups in total. The number of carbonyl (C=O) groups excluding carboxylic acids is 1. The Bertz CT molecular complexity index is 1100. The summed E-state index contributed by atoms with van der Waals surface area (Å²) in [6.45, 7) is 2.67. The Balaban J connectivity index is 1.38. The van der Waals surface area contributed by atoms with Crippen molar-refractivity contribution >= 4 is 22.9 Å². The number of nitrogens with zero attached hydrogens (tertiary/aromatic N) is 2. The zero-order chi connectivity index (χ0) is 20.1. The van der Waals surface area contributed by atoms with E-state index in [2.05, 4.69) is 15.5 Å². The van der Waals surface area contributed by atoms with Gasteiger partial charge in [0.15, 0.2) is 17.1 Å². The fourth-order valence-corrected chi connectivity index (χ4v) is 2.74. The van der Waals surface area contributed by atoms with Gasteiger partial charge in [0.05, 0.1) is 19.6 Å². The molecular formula is C21H19N3O5. The van der Waals surface area contributed by atoms with Crippen LogP contribution in [0.15, 0.2) is 63.4 Å². The van der Waals surface area contributed by atoms with Crippen molar-refractivity contribution in [2.75, 3.05) is 18.5 Å². The maximum Gasteiger partial charge on any atom is 0.322 e. The van der Waals surface area contributed by atoms with Crippen LogP contribution in [0.1, 0.15) is 13.3 Å². The predicted octanol–water partition coefficient (Wildman–Crippen LogP) is 4.29. The van der Waals surface area contributed by atoms with Crippen molar-refractivity contribution < 1.29 is 23.1 Å². The fraction of sp³-hybridized carbons (Fsp3) is 0.190. The third-order valence-electron chi connectivity index (χ3n) is 4.03. The Kier molecular flexibility index (Phi) is 5.42. The molecule has 0 fully saturated rings. The van der Waals surface area contributed by atoms with E-state index in [1.165, 1.54) is 0 Å². The zero-order valence-electron chi connectivity index (χ0n) is 15.8. The second kappa shape index (κ2) is 8.47. The molecule has 0 aliphatic carbocycles. The number of hydrogen-bond donors (Lipinski definition) is 1. The summed E-state index contributed by atoms with van der Waals surface area (Å²) in [7, 11) is 0. The van der Waals surface area contributed by atoms with Crippen molar-refractivity contribution in [1.82, 2.24) is 10.2 Å². The van der Waals surface area contributed by atoms with Gasteiger partial charge in [-0.2, -0.15) is 0 Å². The lowest BCUT2D eigenvalue weighted by atomic mass is 10.2. The second-order valence-corrected chi connectivity index (χ2v) is 6.09. The summed E-state index contributed by atoms with van der Waals surface area (Å²) in [5.74, 6) is 1.62. The summed E-state index contributed by atoms with van der Waals surface area (Å²) >= 11 is 0. The van der Waals surface area contributed by atoms with Crippen LogP contribution < -0.4 is 14.8 Å². The molecule has 2 heterocycles. The van der Waals surface area contributed by atoms with Gasteiger partial charge in [-0.25, -0.2) is 0 Å². The van der Waals surface area contributed by atoms with Crippen LogP contribution in [0.5, 0.6) is 11.5 Å². The van der Waals surface area contributed by atoms with Gasteiger partial charge in [-0.1, -0.05) is 35.4 Å². The largest absolute Gasteiger partial charge is 0.493 e. The van der Waals surface area contributed by atoms with Crippen LogP contribution in [0.25, 0.3) is 22.6 Å². The first-order chi connectivity index (χ1) is 14.2. The van der Waals surface area contributed by atoms with Crippen LogP contribution in [-0.4, -0.2) is 29.3 Å². The summed E-state index contributed by atoms with van der Waals surface area (Å²) < 4.78 is 22.4. The van der Waals surface area contributed by atoms with Gasteiger partial charge in [0.25, 0.3) is 5.89 Å². The Morgan fingerprint density at radius 1 is 1.03 bits per heavy atom. The monoisotopic (exact) mass is 393 g/mol. The number of aromatic nitrogens is 2. The van der Waals surface area contributed by atoms with Crippen molar-refractivity contribution in [2.24, 2.45) is 0 Å². The molecule has 0 atom stereocenters. The third kappa shape index (κ3) is 4.37. The molecule has 148 valence electrons. The van der Waals surface area contributed by atoms with E-state index in [9.17, 15) is 4.79 Å². The molecule has 0 radical (unpaired) electrons. The lowest BCUT2D eigenvalue weighted by Gasteiger charge is -2.04. The average molecular weight is 393 g/mol. The van der Waals surface area contributed by atoms with E-state index >= 15 is 0 Å². The molecule has 8 heteroatoms. The van der Waals surface area contributed by atoms with Crippen LogP contribution in [0.2, 0.25) is 0 Å². The van der Waals surface area contributed by atoms with Crippen molar-refractivity contribution in [1.29, 1.82) is 0 Å². The molecule has 0 aliphatic heterocycles. The minimum atomic E-state index is -0.292. The van der Waals surface area contributed by atoms with E-state index in [-0.39, 0.29) is 30.8 Å². The van der Waals surface area contributed by atoms with E-state index in [4.69, 9.17) is 18.3 Å². The number of fused-ring (bicyclic) bond motifs is 1. The van der Waals surface area contributed by atoms with Gasteiger partial charge in [0.1, 0.15) is 5.75 Å². The van der Waals surface area contributed by atoms with Gasteiger partial charge in [-0.3, -0.25) is 10.1 Å². The fourth-order valence-electron chi connectivity index (χ4n) is 2.74. The van der Waals surface area contributed by atoms with Crippen molar-refractivity contribution in [3.63, 3.8) is 0 Å². The van der Waals surface area contributed by atoms with E-state index in [0.29, 0.717) is 29.4 Å². The minimum absolute atomic E-state index is 0.00445. The Hall–Kier alpha value is -3.81. The first-order valence-electron chi connectivity index (χ1n) is 9.20. The Labute approximate surface area is 166 Å². The van der Waals surface area contributed by atoms with Crippen molar-refractivity contribution in [2.45, 2.75) is 13.3 Å². The normalized spacial score (nSPS) is 10.8. The van der Waals surface area contributed by atoms with Gasteiger partial charge in [-0.15, -0.1) is 5.10 Å². The summed E-state index contributed by atoms with van der Waals surface area (Å²) in [5.41, 5.74) is 0.603. The molecule has 0 saturated heterocycles. The molecular weight excluding hydrogens is 374 g/mol. The smallest absolute Gasteiger partial charge is 0.322 e. The zero-order valence-corrected chi connectivity index (χ0v) is 15.8. The molecule has 0 saturated carbocycles. The van der Waals surface area contributed by atoms with Gasteiger partial charge in [0.2, 0.25) is 5.91 Å². The first kappa shape index (κ1) is 18.5. The molecule has 4 aromatic rings. The van der Waals surface area contributed by atoms with E-state index in [1.54, 1.807) is 6.07 Å². The highest BCUT2D eigenvalue weighted by Gasteiger charge is 2.17. The lowest BCUT2D eigenvalue weighted by Crippen LogP contribution is -2.15. The number of hydrogen-bond acceptors (Lipinski definition) is 7. The number of carbonyl (C=O) groups is 1. The summed E-state index contributed by atoms with van der Waals surface area (Å²) in [6, 6.07) is 16.7. The number of anilines is 1. The molecule has 29 heavy (non-hydrogen) atoms. The number of nitrogens with one attached hydrogen (secondary N) is 1. The molecule has 0 spiro atoms. The lowest BCUT2D eigenvalue weighted by molar-refractivity contribution is -0.116. The minimum Gasteiger partial charge on any atom is -0.493 e. The highest BCUT2D eigenvalue weighted by atomic mass is 16.5. The maximum absolute atomic E-state index is 12.0. The summed E-state index contributed by atoms with van der Waals surface area (Å²) in [4.78, 5) is 12.0. The Morgan fingerprint density at radius 3 is 2.72 bits per heavy atom. The van der Waals surface area contributed by atoms with E-state index < -0.39 is 0 Å². The van der Waals surface area contributed by atoms with Crippen LogP contribution in [0.4, 0.5) is 6.01 Å². The number of furan rings is 1. The number of para-hydroxylation sites is 2. The van der Waals surface area contributed by atoms with Gasteiger partial charge in [-0.05, 0) is 31.2 Å². The molecule has 8 nitrogen and oxygen atoms in total. The number of ether oxygens (including phenoxy) is 2. The van der Waals surface area contributed by atoms with Gasteiger partial charge >= 0.3 is 6.01 Å². The van der Waals surface area contributed by atoms with Gasteiger partial charge < -0.3 is 18.3 Å². The highest BCUT2D eigenvalue weighted by molar-refractivity contribution is 5.89. The molecule has 0 unspecified atom stereocenters. The van der Waals surface area contributed by atoms with Crippen LogP contribution in [0.3, 0.4) is 0 Å². The van der Waals surface area contributed by atoms with Crippen molar-refractivity contribution in [3.05, 3.63) is 54.6 Å². The van der Waals surface area contributed by atoms with Gasteiger partial charge in [0, 0.05) is 5.39 Å². The summed E-state index contributed by atoms with van der Waals surface area (Å²) in [6.07, 6.45) is 0.148. The van der Waals surface area contributed by atoms with Crippen LogP contribution >= 0.6 is 0 Å². The number of benzene rings is 2. The molecule has 0 bridgehead atoms. The quantitative estimate of drug-likeness (QED) is 0.477. The topological polar surface area (TPSA) is 99.6 Å². The second-order valence-electron chi connectivity index (χ2n) is 6.09. The molecule has 2 aromatic carbocycles. The first-order valence-corrected chi connectivity index (χ1v) is 9.20. The van der Waals surface area contributed by atoms with E-state index in [1.807, 2.05) is 55.5 Å². The average Bonchev–Trinajstić information content (AvgIpc) is 3.36. The number of amides is 1. The van der Waals surface area contributed by atoms with Crippen molar-refractivity contribution in [3.8, 4) is 23.1 Å². The standard InChI is InChI=1S/C21H19N3O5/c1-2-26-16-10-6-7-14-13-17(28-19(14)16)20-23-24-21(29-20)22-18(25)11-12-27-15-8-4-3-5-9-15/h3-10,13H,2,11-12H2,1H3,(H,22,24,25). The van der Waals surface area contributed by atoms with Crippen LogP contribution in [0, 0.1) is 0 Å². The molecule has 0 aliphatic rings. The van der Waals surface area contributed by atoms with E-state index in [0.717, 1.165) is 5.39 Å². The summed E-state index contributed by atoms with van der Waals surface area (Å²) in [5, 5.41) is 11.2. The highest BCUT2D eigenvalue weighted by Crippen LogP contribution is 2.33. The predicted molar refractivity (Wildman–Crippen MR) is 106 cm³/mol. The SMILES string of the molecule is CCOc1cccc2cc(-c3nnc(NC(=O)CCOc4ccccc4)o3)oc12. The molecule has 2 aromatic heterocycles. The third-order valence-corrected chi connectivity index (χ3v) is 4.03. The van der Waals surface area contributed by atoms with Crippen LogP contribution in [-0.2, 0) is 4.79 Å². The molecule has 4 rings (SSSR count). The maximum atomic E-state index is 12.0. The number of rotatable bonds is 8. The molecule has 1 amide bonds. The Morgan fingerprint density at radius 2 is 1.90 bits per heavy atom.